The Bertz CT molecular complexity index is 966. The van der Waals surface area contributed by atoms with Gasteiger partial charge in [0.1, 0.15) is 0 Å². The van der Waals surface area contributed by atoms with Crippen molar-refractivity contribution in [2.24, 2.45) is 11.3 Å². The van der Waals surface area contributed by atoms with Gasteiger partial charge in [0, 0.05) is 11.3 Å². The molecule has 1 aliphatic rings. The first-order valence-electron chi connectivity index (χ1n) is 8.39. The highest BCUT2D eigenvalue weighted by atomic mass is 32.3. The second kappa shape index (κ2) is 6.35. The first-order valence-corrected chi connectivity index (χ1v) is 11.5. The SMILES string of the molecule is CC(C1=CC1(C)C)C(S(=O)(=O)c1ccccc1)S(=O)(=O)c1ccccc1. The van der Waals surface area contributed by atoms with Crippen LogP contribution in [0.5, 0.6) is 0 Å². The quantitative estimate of drug-likeness (QED) is 0.702. The molecule has 0 aliphatic heterocycles. The lowest BCUT2D eigenvalue weighted by Gasteiger charge is -2.25. The molecule has 0 radical (unpaired) electrons. The van der Waals surface area contributed by atoms with Gasteiger partial charge < -0.3 is 0 Å². The molecule has 2 aromatic rings. The van der Waals surface area contributed by atoms with E-state index in [0.717, 1.165) is 5.57 Å². The molecule has 0 heterocycles. The lowest BCUT2D eigenvalue weighted by Crippen LogP contribution is -2.37. The summed E-state index contributed by atoms with van der Waals surface area (Å²) in [5.41, 5.74) is 0.623. The van der Waals surface area contributed by atoms with Crippen LogP contribution in [0.15, 0.2) is 82.1 Å². The van der Waals surface area contributed by atoms with E-state index in [-0.39, 0.29) is 15.2 Å². The molecule has 138 valence electrons. The average molecular weight is 391 g/mol. The molecule has 1 unspecified atom stereocenters. The first-order chi connectivity index (χ1) is 12.1. The molecule has 6 heteroatoms. The Kier molecular flexibility index (Phi) is 4.61. The van der Waals surface area contributed by atoms with Gasteiger partial charge in [0.15, 0.2) is 24.3 Å². The van der Waals surface area contributed by atoms with Crippen LogP contribution >= 0.6 is 0 Å². The second-order valence-electron chi connectivity index (χ2n) is 7.19. The van der Waals surface area contributed by atoms with Crippen LogP contribution in [0.2, 0.25) is 0 Å². The highest BCUT2D eigenvalue weighted by Gasteiger charge is 2.50. The number of hydrogen-bond acceptors (Lipinski definition) is 4. The van der Waals surface area contributed by atoms with E-state index in [1.807, 2.05) is 19.9 Å². The molecule has 1 atom stereocenters. The average Bonchev–Trinajstić information content (AvgIpc) is 3.25. The number of allylic oxidation sites excluding steroid dienone is 2. The zero-order chi connectivity index (χ0) is 19.2. The van der Waals surface area contributed by atoms with Gasteiger partial charge in [0.2, 0.25) is 0 Å². The normalized spacial score (nSPS) is 17.6. The van der Waals surface area contributed by atoms with Crippen molar-refractivity contribution in [3.63, 3.8) is 0 Å². The standard InChI is InChI=1S/C20H22O4S2/c1-15(18-14-20(18,2)3)19(25(21,22)16-10-6-4-7-11-16)26(23,24)17-12-8-5-9-13-17/h4-15,19H,1-3H3. The Balaban J connectivity index is 2.17. The van der Waals surface area contributed by atoms with Gasteiger partial charge in [-0.1, -0.05) is 68.8 Å². The molecule has 0 aromatic heterocycles. The molecule has 1 aliphatic carbocycles. The first kappa shape index (κ1) is 18.9. The van der Waals surface area contributed by atoms with Crippen LogP contribution in [-0.4, -0.2) is 21.4 Å². The number of rotatable bonds is 6. The predicted octanol–water partition coefficient (Wildman–Crippen LogP) is 3.86. The molecule has 0 amide bonds. The lowest BCUT2D eigenvalue weighted by atomic mass is 9.99. The van der Waals surface area contributed by atoms with Crippen molar-refractivity contribution < 1.29 is 16.8 Å². The van der Waals surface area contributed by atoms with Crippen molar-refractivity contribution in [1.82, 2.24) is 0 Å². The van der Waals surface area contributed by atoms with Crippen LogP contribution in [-0.2, 0) is 19.7 Å². The van der Waals surface area contributed by atoms with E-state index in [9.17, 15) is 16.8 Å². The van der Waals surface area contributed by atoms with E-state index in [0.29, 0.717) is 0 Å². The van der Waals surface area contributed by atoms with E-state index in [1.54, 1.807) is 43.3 Å². The Morgan fingerprint density at radius 2 is 1.08 bits per heavy atom. The summed E-state index contributed by atoms with van der Waals surface area (Å²) in [6.07, 6.45) is 1.94. The number of sulfone groups is 2. The van der Waals surface area contributed by atoms with E-state index < -0.39 is 30.2 Å². The van der Waals surface area contributed by atoms with E-state index >= 15 is 0 Å². The molecule has 0 saturated carbocycles. The molecular weight excluding hydrogens is 368 g/mol. The van der Waals surface area contributed by atoms with Crippen molar-refractivity contribution >= 4 is 19.7 Å². The monoisotopic (exact) mass is 390 g/mol. The van der Waals surface area contributed by atoms with Gasteiger partial charge in [-0.05, 0) is 24.3 Å². The maximum Gasteiger partial charge on any atom is 0.196 e. The van der Waals surface area contributed by atoms with Crippen LogP contribution in [0.3, 0.4) is 0 Å². The summed E-state index contributed by atoms with van der Waals surface area (Å²) in [5.74, 6) is -0.639. The fraction of sp³-hybridized carbons (Fsp3) is 0.300. The maximum absolute atomic E-state index is 13.3. The van der Waals surface area contributed by atoms with Crippen LogP contribution in [0.4, 0.5) is 0 Å². The van der Waals surface area contributed by atoms with E-state index in [1.165, 1.54) is 24.3 Å². The van der Waals surface area contributed by atoms with Crippen molar-refractivity contribution in [2.75, 3.05) is 0 Å². The minimum atomic E-state index is -4.09. The third kappa shape index (κ3) is 3.23. The fourth-order valence-corrected chi connectivity index (χ4v) is 8.39. The van der Waals surface area contributed by atoms with Crippen molar-refractivity contribution in [3.8, 4) is 0 Å². The Hall–Kier alpha value is -1.92. The number of benzene rings is 2. The maximum atomic E-state index is 13.3. The topological polar surface area (TPSA) is 68.3 Å². The van der Waals surface area contributed by atoms with Crippen molar-refractivity contribution in [1.29, 1.82) is 0 Å². The highest BCUT2D eigenvalue weighted by Crippen LogP contribution is 2.51. The smallest absolute Gasteiger partial charge is 0.196 e. The van der Waals surface area contributed by atoms with Gasteiger partial charge in [-0.3, -0.25) is 0 Å². The second-order valence-corrected chi connectivity index (χ2v) is 11.6. The van der Waals surface area contributed by atoms with Crippen LogP contribution < -0.4 is 0 Å². The molecule has 0 N–H and O–H groups in total. The van der Waals surface area contributed by atoms with Crippen molar-refractivity contribution in [3.05, 3.63) is 72.3 Å². The van der Waals surface area contributed by atoms with Gasteiger partial charge in [-0.15, -0.1) is 0 Å². The molecule has 0 saturated heterocycles. The third-order valence-corrected chi connectivity index (χ3v) is 10.2. The zero-order valence-electron chi connectivity index (χ0n) is 15.0. The zero-order valence-corrected chi connectivity index (χ0v) is 16.6. The molecule has 0 fully saturated rings. The summed E-state index contributed by atoms with van der Waals surface area (Å²) in [6.45, 7) is 5.60. The van der Waals surface area contributed by atoms with Crippen LogP contribution in [0.25, 0.3) is 0 Å². The van der Waals surface area contributed by atoms with Gasteiger partial charge in [-0.2, -0.15) is 0 Å². The van der Waals surface area contributed by atoms with Gasteiger partial charge in [0.25, 0.3) is 0 Å². The van der Waals surface area contributed by atoms with Crippen molar-refractivity contribution in [2.45, 2.75) is 35.1 Å². The summed E-state index contributed by atoms with van der Waals surface area (Å²) in [7, 11) is -8.18. The van der Waals surface area contributed by atoms with Crippen LogP contribution in [0, 0.1) is 11.3 Å². The van der Waals surface area contributed by atoms with E-state index in [2.05, 4.69) is 0 Å². The molecule has 0 spiro atoms. The van der Waals surface area contributed by atoms with Crippen LogP contribution in [0.1, 0.15) is 20.8 Å². The summed E-state index contributed by atoms with van der Waals surface area (Å²) in [6, 6.07) is 15.6. The Morgan fingerprint density at radius 3 is 1.38 bits per heavy atom. The fourth-order valence-electron chi connectivity index (χ4n) is 3.41. The highest BCUT2D eigenvalue weighted by molar-refractivity contribution is 8.09. The summed E-state index contributed by atoms with van der Waals surface area (Å²) in [4.78, 5) is 0.0471. The minimum absolute atomic E-state index is 0.0235. The van der Waals surface area contributed by atoms with Gasteiger partial charge in [0.05, 0.1) is 9.79 Å². The molecule has 4 nitrogen and oxygen atoms in total. The summed E-state index contributed by atoms with van der Waals surface area (Å²) >= 11 is 0. The van der Waals surface area contributed by atoms with Gasteiger partial charge >= 0.3 is 0 Å². The predicted molar refractivity (Wildman–Crippen MR) is 102 cm³/mol. The Morgan fingerprint density at radius 1 is 0.731 bits per heavy atom. The largest absolute Gasteiger partial charge is 0.222 e. The Labute approximate surface area is 155 Å². The van der Waals surface area contributed by atoms with Gasteiger partial charge in [-0.25, -0.2) is 16.8 Å². The summed E-state index contributed by atoms with van der Waals surface area (Å²) in [5, 5.41) is 0. The molecule has 26 heavy (non-hydrogen) atoms. The molecular formula is C20H22O4S2. The third-order valence-electron chi connectivity index (χ3n) is 4.83. The van der Waals surface area contributed by atoms with E-state index in [4.69, 9.17) is 0 Å². The number of hydrogen-bond donors (Lipinski definition) is 0. The molecule has 0 bridgehead atoms. The lowest BCUT2D eigenvalue weighted by molar-refractivity contribution is 0.539. The molecule has 3 rings (SSSR count). The molecule has 2 aromatic carbocycles. The minimum Gasteiger partial charge on any atom is -0.222 e. The summed E-state index contributed by atoms with van der Waals surface area (Å²) < 4.78 is 51.8.